The smallest absolute Gasteiger partial charge is 0.333 e. The molecule has 4 unspecified atom stereocenters. The molecule has 7 nitrogen and oxygen atoms in total. The van der Waals surface area contributed by atoms with Crippen LogP contribution >= 0.6 is 0 Å². The molecule has 1 saturated heterocycles. The molecule has 2 amide bonds. The maximum atomic E-state index is 13.7. The molecule has 0 saturated carbocycles. The molecular formula is C27H49N3O4. The Morgan fingerprint density at radius 2 is 1.74 bits per heavy atom. The highest BCUT2D eigenvalue weighted by molar-refractivity contribution is 5.91. The number of rotatable bonds is 12. The first kappa shape index (κ1) is 30.1. The Bertz CT molecular complexity index is 706. The Morgan fingerprint density at radius 1 is 1.09 bits per heavy atom. The van der Waals surface area contributed by atoms with Crippen LogP contribution in [0.2, 0.25) is 0 Å². The molecule has 7 heteroatoms. The molecule has 0 radical (unpaired) electrons. The zero-order valence-corrected chi connectivity index (χ0v) is 23.0. The molecule has 1 fully saturated rings. The summed E-state index contributed by atoms with van der Waals surface area (Å²) in [5, 5.41) is 3.13. The number of likely N-dealkylation sites (N-methyl/N-ethyl adjacent to an activating group) is 1. The number of esters is 1. The van der Waals surface area contributed by atoms with Gasteiger partial charge in [0.2, 0.25) is 11.8 Å². The highest BCUT2D eigenvalue weighted by atomic mass is 16.5. The van der Waals surface area contributed by atoms with Crippen LogP contribution in [0.15, 0.2) is 11.6 Å². The summed E-state index contributed by atoms with van der Waals surface area (Å²) >= 11 is 0. The number of piperidine rings is 1. The SMILES string of the molecule is CCOC(=O)/C(C)=C/[C@H](C(C)C)N(C)C(=O)C(NC(=O)C1CCCCN1C(C)CC)C(C)CC. The van der Waals surface area contributed by atoms with Crippen molar-refractivity contribution in [3.8, 4) is 0 Å². The van der Waals surface area contributed by atoms with Crippen molar-refractivity contribution in [2.75, 3.05) is 20.2 Å². The summed E-state index contributed by atoms with van der Waals surface area (Å²) in [6.45, 7) is 17.1. The minimum absolute atomic E-state index is 0.0116. The van der Waals surface area contributed by atoms with Crippen LogP contribution in [0.4, 0.5) is 0 Å². The lowest BCUT2D eigenvalue weighted by Gasteiger charge is -2.40. The van der Waals surface area contributed by atoms with E-state index in [2.05, 4.69) is 24.1 Å². The third kappa shape index (κ3) is 8.10. The molecule has 1 aliphatic heterocycles. The van der Waals surface area contributed by atoms with Crippen molar-refractivity contribution < 1.29 is 19.1 Å². The summed E-state index contributed by atoms with van der Waals surface area (Å²) in [5.74, 6) is -0.469. The van der Waals surface area contributed by atoms with Crippen molar-refractivity contribution in [3.05, 3.63) is 11.6 Å². The van der Waals surface area contributed by atoms with E-state index in [1.807, 2.05) is 33.8 Å². The molecule has 0 aromatic heterocycles. The zero-order valence-electron chi connectivity index (χ0n) is 23.0. The summed E-state index contributed by atoms with van der Waals surface area (Å²) in [6, 6.07) is -0.759. The van der Waals surface area contributed by atoms with E-state index in [0.717, 1.165) is 38.6 Å². The Hall–Kier alpha value is -1.89. The lowest BCUT2D eigenvalue weighted by atomic mass is 9.93. The zero-order chi connectivity index (χ0) is 26.0. The summed E-state index contributed by atoms with van der Waals surface area (Å²) in [6.07, 6.45) is 6.52. The van der Waals surface area contributed by atoms with Crippen molar-refractivity contribution in [2.45, 2.75) is 112 Å². The number of nitrogens with one attached hydrogen (secondary N) is 1. The van der Waals surface area contributed by atoms with E-state index in [9.17, 15) is 14.4 Å². The van der Waals surface area contributed by atoms with Gasteiger partial charge in [-0.25, -0.2) is 4.79 Å². The van der Waals surface area contributed by atoms with Gasteiger partial charge in [-0.3, -0.25) is 14.5 Å². The van der Waals surface area contributed by atoms with E-state index in [1.54, 1.807) is 25.8 Å². The number of likely N-dealkylation sites (tertiary alicyclic amines) is 1. The number of carbonyl (C=O) groups excluding carboxylic acids is 3. The minimum atomic E-state index is -0.610. The van der Waals surface area contributed by atoms with Gasteiger partial charge < -0.3 is 15.0 Å². The van der Waals surface area contributed by atoms with E-state index < -0.39 is 6.04 Å². The largest absolute Gasteiger partial charge is 0.463 e. The number of hydrogen-bond acceptors (Lipinski definition) is 5. The number of nitrogens with zero attached hydrogens (tertiary/aromatic N) is 2. The van der Waals surface area contributed by atoms with Gasteiger partial charge in [0.1, 0.15) is 6.04 Å². The molecule has 0 aliphatic carbocycles. The van der Waals surface area contributed by atoms with E-state index >= 15 is 0 Å². The van der Waals surface area contributed by atoms with Crippen LogP contribution in [0.1, 0.15) is 87.5 Å². The van der Waals surface area contributed by atoms with Crippen molar-refractivity contribution in [1.82, 2.24) is 15.1 Å². The summed E-state index contributed by atoms with van der Waals surface area (Å²) in [5.41, 5.74) is 0.482. The van der Waals surface area contributed by atoms with Gasteiger partial charge in [0.25, 0.3) is 0 Å². The maximum Gasteiger partial charge on any atom is 0.333 e. The van der Waals surface area contributed by atoms with Gasteiger partial charge in [0.05, 0.1) is 18.7 Å². The molecule has 1 rings (SSSR count). The van der Waals surface area contributed by atoms with E-state index in [0.29, 0.717) is 18.2 Å². The number of ether oxygens (including phenoxy) is 1. The Labute approximate surface area is 207 Å². The van der Waals surface area contributed by atoms with Gasteiger partial charge in [-0.2, -0.15) is 0 Å². The summed E-state index contributed by atoms with van der Waals surface area (Å²) in [4.78, 5) is 43.3. The molecule has 1 heterocycles. The van der Waals surface area contributed by atoms with Gasteiger partial charge in [-0.1, -0.05) is 53.5 Å². The Morgan fingerprint density at radius 3 is 2.26 bits per heavy atom. The van der Waals surface area contributed by atoms with E-state index in [4.69, 9.17) is 4.74 Å². The standard InChI is InChI=1S/C27H49N3O4/c1-10-19(6)24(28-25(31)22-15-13-14-16-30(22)21(8)11-2)26(32)29(9)23(18(4)5)17-20(7)27(33)34-12-3/h17-19,21-24H,10-16H2,1-9H3,(H,28,31)/b20-17+/t19?,21?,22?,23-,24?/m1/s1. The topological polar surface area (TPSA) is 79.0 Å². The van der Waals surface area contributed by atoms with Crippen LogP contribution in [-0.4, -0.2) is 72.0 Å². The number of amides is 2. The van der Waals surface area contributed by atoms with Crippen molar-refractivity contribution in [2.24, 2.45) is 11.8 Å². The molecule has 1 aliphatic rings. The highest BCUT2D eigenvalue weighted by Gasteiger charge is 2.36. The van der Waals surface area contributed by atoms with Gasteiger partial charge in [-0.05, 0) is 58.4 Å². The lowest BCUT2D eigenvalue weighted by Crippen LogP contribution is -2.59. The average molecular weight is 480 g/mol. The van der Waals surface area contributed by atoms with Gasteiger partial charge in [-0.15, -0.1) is 0 Å². The lowest BCUT2D eigenvalue weighted by molar-refractivity contribution is -0.141. The number of carbonyl (C=O) groups is 3. The number of hydrogen-bond donors (Lipinski definition) is 1. The normalized spacial score (nSPS) is 20.9. The van der Waals surface area contributed by atoms with Crippen LogP contribution < -0.4 is 5.32 Å². The molecule has 34 heavy (non-hydrogen) atoms. The second-order valence-corrected chi connectivity index (χ2v) is 10.1. The maximum absolute atomic E-state index is 13.7. The first-order chi connectivity index (χ1) is 16.0. The van der Waals surface area contributed by atoms with Crippen molar-refractivity contribution in [1.29, 1.82) is 0 Å². The highest BCUT2D eigenvalue weighted by Crippen LogP contribution is 2.23. The summed E-state index contributed by atoms with van der Waals surface area (Å²) < 4.78 is 5.11. The van der Waals surface area contributed by atoms with Crippen molar-refractivity contribution in [3.63, 3.8) is 0 Å². The third-order valence-corrected chi connectivity index (χ3v) is 7.28. The molecule has 0 bridgehead atoms. The minimum Gasteiger partial charge on any atom is -0.463 e. The first-order valence-corrected chi connectivity index (χ1v) is 13.2. The third-order valence-electron chi connectivity index (χ3n) is 7.28. The van der Waals surface area contributed by atoms with Crippen LogP contribution in [0.3, 0.4) is 0 Å². The van der Waals surface area contributed by atoms with Gasteiger partial charge in [0.15, 0.2) is 0 Å². The molecule has 0 aromatic rings. The molecule has 1 N–H and O–H groups in total. The molecular weight excluding hydrogens is 430 g/mol. The van der Waals surface area contributed by atoms with Crippen LogP contribution in [0.5, 0.6) is 0 Å². The predicted octanol–water partition coefficient (Wildman–Crippen LogP) is 4.16. The molecule has 0 spiro atoms. The average Bonchev–Trinajstić information content (AvgIpc) is 2.83. The fraction of sp³-hybridized carbons (Fsp3) is 0.815. The fourth-order valence-corrected chi connectivity index (χ4v) is 4.62. The van der Waals surface area contributed by atoms with Gasteiger partial charge in [0, 0.05) is 18.7 Å². The quantitative estimate of drug-likeness (QED) is 0.336. The van der Waals surface area contributed by atoms with E-state index in [1.165, 1.54) is 0 Å². The molecule has 196 valence electrons. The van der Waals surface area contributed by atoms with Gasteiger partial charge >= 0.3 is 5.97 Å². The first-order valence-electron chi connectivity index (χ1n) is 13.2. The van der Waals surface area contributed by atoms with E-state index in [-0.39, 0.29) is 41.7 Å². The predicted molar refractivity (Wildman–Crippen MR) is 137 cm³/mol. The monoisotopic (exact) mass is 479 g/mol. The summed E-state index contributed by atoms with van der Waals surface area (Å²) in [7, 11) is 1.76. The fourth-order valence-electron chi connectivity index (χ4n) is 4.62. The van der Waals surface area contributed by atoms with Crippen LogP contribution in [0.25, 0.3) is 0 Å². The molecule has 0 aromatic carbocycles. The second kappa shape index (κ2) is 14.5. The van der Waals surface area contributed by atoms with Crippen LogP contribution in [0, 0.1) is 11.8 Å². The van der Waals surface area contributed by atoms with Crippen LogP contribution in [-0.2, 0) is 19.1 Å². The molecule has 5 atom stereocenters. The Balaban J connectivity index is 3.13. The van der Waals surface area contributed by atoms with Crippen molar-refractivity contribution >= 4 is 17.8 Å². The second-order valence-electron chi connectivity index (χ2n) is 10.1. The Kier molecular flexibility index (Phi) is 12.9.